The smallest absolute Gasteiger partial charge is 0.293 e. The molecule has 2 aromatic rings. The van der Waals surface area contributed by atoms with Gasteiger partial charge in [0.25, 0.3) is 11.4 Å². The Kier molecular flexibility index (Phi) is 4.49. The Morgan fingerprint density at radius 2 is 1.81 bits per heavy atom. The largest absolute Gasteiger partial charge is 0.375 e. The van der Waals surface area contributed by atoms with Crippen LogP contribution >= 0.6 is 15.9 Å². The molecule has 0 saturated carbocycles. The van der Waals surface area contributed by atoms with Crippen molar-refractivity contribution < 1.29 is 9.85 Å². The van der Waals surface area contributed by atoms with Crippen LogP contribution in [0.1, 0.15) is 5.56 Å². The van der Waals surface area contributed by atoms with E-state index in [1.807, 2.05) is 0 Å². The zero-order chi connectivity index (χ0) is 15.4. The molecule has 21 heavy (non-hydrogen) atoms. The molecule has 0 heterocycles. The number of nitro benzene ring substituents is 2. The van der Waals surface area contributed by atoms with Crippen molar-refractivity contribution in [2.24, 2.45) is 0 Å². The van der Waals surface area contributed by atoms with Crippen molar-refractivity contribution >= 4 is 33.0 Å². The second-order valence-electron chi connectivity index (χ2n) is 4.20. The van der Waals surface area contributed by atoms with Crippen LogP contribution in [0, 0.1) is 20.2 Å². The summed E-state index contributed by atoms with van der Waals surface area (Å²) in [4.78, 5) is 20.7. The van der Waals surface area contributed by atoms with Gasteiger partial charge in [0.15, 0.2) is 0 Å². The van der Waals surface area contributed by atoms with Crippen LogP contribution in [-0.4, -0.2) is 9.85 Å². The van der Waals surface area contributed by atoms with Crippen LogP contribution in [0.3, 0.4) is 0 Å². The fourth-order valence-electron chi connectivity index (χ4n) is 1.78. The van der Waals surface area contributed by atoms with Crippen molar-refractivity contribution in [1.82, 2.24) is 0 Å². The van der Waals surface area contributed by atoms with Crippen molar-refractivity contribution in [3.63, 3.8) is 0 Å². The number of nitro groups is 2. The van der Waals surface area contributed by atoms with Crippen LogP contribution in [0.4, 0.5) is 17.1 Å². The molecule has 0 aliphatic heterocycles. The van der Waals surface area contributed by atoms with E-state index in [0.29, 0.717) is 15.7 Å². The van der Waals surface area contributed by atoms with E-state index in [4.69, 9.17) is 0 Å². The third-order valence-corrected chi connectivity index (χ3v) is 3.25. The van der Waals surface area contributed by atoms with Crippen LogP contribution in [0.25, 0.3) is 0 Å². The van der Waals surface area contributed by atoms with Crippen molar-refractivity contribution in [2.45, 2.75) is 6.54 Å². The van der Waals surface area contributed by atoms with Crippen LogP contribution in [0.2, 0.25) is 0 Å². The van der Waals surface area contributed by atoms with Gasteiger partial charge >= 0.3 is 0 Å². The molecule has 0 aliphatic rings. The standard InChI is InChI=1S/C13H10BrN3O4/c14-10-4-5-12(13(7-10)17(20)21)15-8-9-2-1-3-11(6-9)16(18)19/h1-7,15H,8H2. The van der Waals surface area contributed by atoms with Crippen LogP contribution in [0.15, 0.2) is 46.9 Å². The van der Waals surface area contributed by atoms with Crippen molar-refractivity contribution in [2.75, 3.05) is 5.32 Å². The van der Waals surface area contributed by atoms with Gasteiger partial charge < -0.3 is 5.32 Å². The van der Waals surface area contributed by atoms with E-state index < -0.39 is 9.85 Å². The molecule has 0 saturated heterocycles. The number of nitrogens with zero attached hydrogens (tertiary/aromatic N) is 2. The second-order valence-corrected chi connectivity index (χ2v) is 5.11. The Morgan fingerprint density at radius 3 is 2.48 bits per heavy atom. The van der Waals surface area contributed by atoms with E-state index in [2.05, 4.69) is 21.2 Å². The highest BCUT2D eigenvalue weighted by Crippen LogP contribution is 2.28. The monoisotopic (exact) mass is 351 g/mol. The molecular weight excluding hydrogens is 342 g/mol. The summed E-state index contributed by atoms with van der Waals surface area (Å²) in [6, 6.07) is 10.8. The molecule has 0 fully saturated rings. The Bertz CT molecular complexity index is 706. The third kappa shape index (κ3) is 3.76. The Labute approximate surface area is 128 Å². The van der Waals surface area contributed by atoms with Gasteiger partial charge in [-0.15, -0.1) is 0 Å². The first-order valence-electron chi connectivity index (χ1n) is 5.88. The van der Waals surface area contributed by atoms with Crippen LogP contribution in [-0.2, 0) is 6.54 Å². The number of nitrogens with one attached hydrogen (secondary N) is 1. The van der Waals surface area contributed by atoms with Crippen LogP contribution < -0.4 is 5.32 Å². The highest BCUT2D eigenvalue weighted by molar-refractivity contribution is 9.10. The van der Waals surface area contributed by atoms with Crippen molar-refractivity contribution in [3.05, 3.63) is 72.7 Å². The first kappa shape index (κ1) is 14.9. The molecule has 0 radical (unpaired) electrons. The molecule has 108 valence electrons. The molecule has 1 N–H and O–H groups in total. The molecule has 8 heteroatoms. The van der Waals surface area contributed by atoms with Crippen molar-refractivity contribution in [3.8, 4) is 0 Å². The summed E-state index contributed by atoms with van der Waals surface area (Å²) in [7, 11) is 0. The molecule has 0 atom stereocenters. The number of hydrogen-bond donors (Lipinski definition) is 1. The zero-order valence-corrected chi connectivity index (χ0v) is 12.2. The molecule has 2 rings (SSSR count). The molecule has 0 aromatic heterocycles. The predicted octanol–water partition coefficient (Wildman–Crippen LogP) is 3.88. The van der Waals surface area contributed by atoms with E-state index >= 15 is 0 Å². The fourth-order valence-corrected chi connectivity index (χ4v) is 2.13. The van der Waals surface area contributed by atoms with Gasteiger partial charge in [-0.05, 0) is 17.7 Å². The molecule has 0 amide bonds. The maximum absolute atomic E-state index is 11.0. The fraction of sp³-hybridized carbons (Fsp3) is 0.0769. The number of rotatable bonds is 5. The summed E-state index contributed by atoms with van der Waals surface area (Å²) in [6.07, 6.45) is 0. The Hall–Kier alpha value is -2.48. The lowest BCUT2D eigenvalue weighted by molar-refractivity contribution is -0.384. The van der Waals surface area contributed by atoms with E-state index in [9.17, 15) is 20.2 Å². The first-order chi connectivity index (χ1) is 9.97. The molecule has 7 nitrogen and oxygen atoms in total. The molecular formula is C13H10BrN3O4. The van der Waals surface area contributed by atoms with Gasteiger partial charge in [-0.1, -0.05) is 28.1 Å². The zero-order valence-electron chi connectivity index (χ0n) is 10.7. The summed E-state index contributed by atoms with van der Waals surface area (Å²) < 4.78 is 0.607. The molecule has 2 aromatic carbocycles. The Morgan fingerprint density at radius 1 is 1.05 bits per heavy atom. The highest BCUT2D eigenvalue weighted by Gasteiger charge is 2.14. The summed E-state index contributed by atoms with van der Waals surface area (Å²) >= 11 is 3.18. The number of hydrogen-bond acceptors (Lipinski definition) is 5. The van der Waals surface area contributed by atoms with Crippen LogP contribution in [0.5, 0.6) is 0 Å². The molecule has 0 aliphatic carbocycles. The minimum absolute atomic E-state index is 0.0143. The third-order valence-electron chi connectivity index (χ3n) is 2.76. The van der Waals surface area contributed by atoms with Gasteiger partial charge in [0.05, 0.1) is 9.85 Å². The highest BCUT2D eigenvalue weighted by atomic mass is 79.9. The van der Waals surface area contributed by atoms with Crippen molar-refractivity contribution in [1.29, 1.82) is 0 Å². The topological polar surface area (TPSA) is 98.3 Å². The van der Waals surface area contributed by atoms with Gasteiger partial charge in [0.2, 0.25) is 0 Å². The SMILES string of the molecule is O=[N+]([O-])c1cccc(CNc2ccc(Br)cc2[N+](=O)[O-])c1. The van der Waals surface area contributed by atoms with Gasteiger partial charge in [-0.3, -0.25) is 20.2 Å². The molecule has 0 unspecified atom stereocenters. The quantitative estimate of drug-likeness (QED) is 0.650. The van der Waals surface area contributed by atoms with E-state index in [0.717, 1.165) is 0 Å². The van der Waals surface area contributed by atoms with Gasteiger partial charge in [0, 0.05) is 29.2 Å². The Balaban J connectivity index is 2.18. The summed E-state index contributed by atoms with van der Waals surface area (Å²) in [5.74, 6) is 0. The minimum atomic E-state index is -0.486. The minimum Gasteiger partial charge on any atom is -0.375 e. The number of benzene rings is 2. The maximum atomic E-state index is 11.0. The van der Waals surface area contributed by atoms with Gasteiger partial charge in [-0.2, -0.15) is 0 Å². The molecule has 0 bridgehead atoms. The number of anilines is 1. The first-order valence-corrected chi connectivity index (χ1v) is 6.68. The van der Waals surface area contributed by atoms with E-state index in [1.54, 1.807) is 24.3 Å². The second kappa shape index (κ2) is 6.31. The average molecular weight is 352 g/mol. The maximum Gasteiger partial charge on any atom is 0.293 e. The summed E-state index contributed by atoms with van der Waals surface area (Å²) in [6.45, 7) is 0.254. The predicted molar refractivity (Wildman–Crippen MR) is 81.2 cm³/mol. The number of halogens is 1. The lowest BCUT2D eigenvalue weighted by Gasteiger charge is -2.07. The normalized spacial score (nSPS) is 10.1. The number of non-ortho nitro benzene ring substituents is 1. The van der Waals surface area contributed by atoms with Gasteiger partial charge in [0.1, 0.15) is 5.69 Å². The van der Waals surface area contributed by atoms with Gasteiger partial charge in [-0.25, -0.2) is 0 Å². The molecule has 0 spiro atoms. The lowest BCUT2D eigenvalue weighted by atomic mass is 10.2. The van der Waals surface area contributed by atoms with E-state index in [1.165, 1.54) is 18.2 Å². The average Bonchev–Trinajstić information content (AvgIpc) is 2.46. The van der Waals surface area contributed by atoms with E-state index in [-0.39, 0.29) is 17.9 Å². The summed E-state index contributed by atoms with van der Waals surface area (Å²) in [5.41, 5.74) is 0.950. The summed E-state index contributed by atoms with van der Waals surface area (Å²) in [5, 5.41) is 24.6. The lowest BCUT2D eigenvalue weighted by Crippen LogP contribution is -2.03.